The number of fused-ring (bicyclic) bond motifs is 5. The number of hydrogen-bond donors (Lipinski definition) is 1. The minimum absolute atomic E-state index is 0.0535. The van der Waals surface area contributed by atoms with Gasteiger partial charge in [-0.05, 0) is 30.7 Å². The Kier molecular flexibility index (Phi) is 5.37. The molecule has 33 heavy (non-hydrogen) atoms. The van der Waals surface area contributed by atoms with Crippen LogP contribution < -0.4 is 10.1 Å². The summed E-state index contributed by atoms with van der Waals surface area (Å²) in [5, 5.41) is 7.77. The van der Waals surface area contributed by atoms with E-state index >= 15 is 0 Å². The normalized spacial score (nSPS) is 20.2. The number of aryl methyl sites for hydroxylation is 1. The number of ether oxygens (including phenoxy) is 3. The van der Waals surface area contributed by atoms with Gasteiger partial charge in [0, 0.05) is 49.6 Å². The molecule has 4 bridgehead atoms. The van der Waals surface area contributed by atoms with Crippen molar-refractivity contribution in [2.24, 2.45) is 0 Å². The highest BCUT2D eigenvalue weighted by Crippen LogP contribution is 2.31. The van der Waals surface area contributed by atoms with Crippen LogP contribution in [0, 0.1) is 6.92 Å². The molecule has 10 heteroatoms. The van der Waals surface area contributed by atoms with Crippen molar-refractivity contribution in [1.82, 2.24) is 19.5 Å². The maximum atomic E-state index is 12.8. The molecule has 1 amide bonds. The number of benzene rings is 1. The van der Waals surface area contributed by atoms with Crippen LogP contribution in [0.3, 0.4) is 0 Å². The van der Waals surface area contributed by atoms with Gasteiger partial charge in [-0.2, -0.15) is 10.1 Å². The minimum Gasteiger partial charge on any atom is -0.475 e. The predicted octanol–water partition coefficient (Wildman–Crippen LogP) is 1.91. The highest BCUT2D eigenvalue weighted by atomic mass is 16.5. The fourth-order valence-electron chi connectivity index (χ4n) is 4.44. The third-order valence-corrected chi connectivity index (χ3v) is 6.16. The maximum Gasteiger partial charge on any atom is 0.337 e. The average Bonchev–Trinajstić information content (AvgIpc) is 3.36. The van der Waals surface area contributed by atoms with E-state index in [1.807, 2.05) is 19.2 Å². The SMILES string of the molecule is COC(=O)c1cc2cc(c1)-c1cnn3cc(C)c(nc13)OC[C@@H]1C[C@@H](OC)C(=O)N1CCN2. The number of amides is 1. The van der Waals surface area contributed by atoms with E-state index in [-0.39, 0.29) is 11.9 Å². The third-order valence-electron chi connectivity index (χ3n) is 6.16. The highest BCUT2D eigenvalue weighted by molar-refractivity contribution is 5.93. The van der Waals surface area contributed by atoms with E-state index in [0.29, 0.717) is 43.2 Å². The molecule has 1 saturated heterocycles. The van der Waals surface area contributed by atoms with Crippen LogP contribution in [0.15, 0.2) is 30.6 Å². The lowest BCUT2D eigenvalue weighted by Gasteiger charge is -2.25. The van der Waals surface area contributed by atoms with Crippen molar-refractivity contribution in [3.63, 3.8) is 0 Å². The Labute approximate surface area is 190 Å². The van der Waals surface area contributed by atoms with Crippen LogP contribution in [0.2, 0.25) is 0 Å². The molecule has 0 aliphatic carbocycles. The number of esters is 1. The summed E-state index contributed by atoms with van der Waals surface area (Å²) < 4.78 is 18.1. The van der Waals surface area contributed by atoms with Crippen molar-refractivity contribution >= 4 is 23.2 Å². The number of anilines is 1. The Morgan fingerprint density at radius 3 is 2.91 bits per heavy atom. The Bertz CT molecular complexity index is 1240. The first kappa shape index (κ1) is 21.2. The standard InChI is InChI=1S/C23H25N5O5/c1-13-11-28-20-18(10-25-28)14-6-15(23(30)32-3)8-16(7-14)24-4-5-27-17(12-33-21(13)26-20)9-19(31-2)22(27)29/h6-8,10-11,17,19,24H,4-5,9,12H2,1-3H3/t17-,19+/m0/s1. The number of aromatic nitrogens is 3. The van der Waals surface area contributed by atoms with Gasteiger partial charge >= 0.3 is 5.97 Å². The van der Waals surface area contributed by atoms with E-state index in [1.165, 1.54) is 7.11 Å². The largest absolute Gasteiger partial charge is 0.475 e. The molecule has 2 aliphatic rings. The number of nitrogens with one attached hydrogen (secondary N) is 1. The number of carbonyl (C=O) groups excluding carboxylic acids is 2. The minimum atomic E-state index is -0.485. The van der Waals surface area contributed by atoms with E-state index in [9.17, 15) is 9.59 Å². The summed E-state index contributed by atoms with van der Waals surface area (Å²) in [4.78, 5) is 31.7. The molecule has 2 aliphatic heterocycles. The van der Waals surface area contributed by atoms with E-state index < -0.39 is 12.1 Å². The van der Waals surface area contributed by atoms with Crippen LogP contribution in [0.25, 0.3) is 16.8 Å². The summed E-state index contributed by atoms with van der Waals surface area (Å²) in [7, 11) is 2.90. The smallest absolute Gasteiger partial charge is 0.337 e. The van der Waals surface area contributed by atoms with Gasteiger partial charge in [0.15, 0.2) is 5.65 Å². The fourth-order valence-corrected chi connectivity index (χ4v) is 4.44. The first-order valence-electron chi connectivity index (χ1n) is 10.8. The van der Waals surface area contributed by atoms with Gasteiger partial charge in [0.05, 0.1) is 24.9 Å². The first-order chi connectivity index (χ1) is 16.0. The average molecular weight is 451 g/mol. The molecular weight excluding hydrogens is 426 g/mol. The Hall–Kier alpha value is -3.66. The van der Waals surface area contributed by atoms with Crippen molar-refractivity contribution in [2.45, 2.75) is 25.5 Å². The zero-order valence-corrected chi connectivity index (χ0v) is 18.7. The monoisotopic (exact) mass is 451 g/mol. The lowest BCUT2D eigenvalue weighted by atomic mass is 10.0. The van der Waals surface area contributed by atoms with Crippen molar-refractivity contribution in [3.8, 4) is 17.0 Å². The number of hydrogen-bond acceptors (Lipinski definition) is 8. The number of methoxy groups -OCH3 is 2. The highest BCUT2D eigenvalue weighted by Gasteiger charge is 2.40. The molecule has 2 aromatic heterocycles. The summed E-state index contributed by atoms with van der Waals surface area (Å²) >= 11 is 0. The second-order valence-corrected chi connectivity index (χ2v) is 8.23. The molecule has 0 saturated carbocycles. The molecule has 2 atom stereocenters. The van der Waals surface area contributed by atoms with Gasteiger partial charge in [0.25, 0.3) is 5.91 Å². The van der Waals surface area contributed by atoms with Gasteiger partial charge in [-0.25, -0.2) is 9.31 Å². The molecule has 0 radical (unpaired) electrons. The summed E-state index contributed by atoms with van der Waals surface area (Å²) in [6.45, 7) is 3.18. The molecule has 0 unspecified atom stereocenters. The van der Waals surface area contributed by atoms with Gasteiger partial charge in [-0.1, -0.05) is 0 Å². The van der Waals surface area contributed by atoms with Crippen LogP contribution in [0.4, 0.5) is 5.69 Å². The van der Waals surface area contributed by atoms with Crippen molar-refractivity contribution in [2.75, 3.05) is 39.2 Å². The van der Waals surface area contributed by atoms with Crippen LogP contribution in [0.5, 0.6) is 5.88 Å². The predicted molar refractivity (Wildman–Crippen MR) is 119 cm³/mol. The topological polar surface area (TPSA) is 107 Å². The number of carbonyl (C=O) groups is 2. The van der Waals surface area contributed by atoms with Crippen molar-refractivity contribution in [3.05, 3.63) is 41.7 Å². The molecule has 5 rings (SSSR count). The van der Waals surface area contributed by atoms with E-state index in [1.54, 1.807) is 34.9 Å². The summed E-state index contributed by atoms with van der Waals surface area (Å²) in [5.74, 6) is -0.0118. The van der Waals surface area contributed by atoms with E-state index in [0.717, 1.165) is 22.4 Å². The van der Waals surface area contributed by atoms with Gasteiger partial charge in [0.2, 0.25) is 5.88 Å². The van der Waals surface area contributed by atoms with E-state index in [4.69, 9.17) is 19.2 Å². The van der Waals surface area contributed by atoms with Crippen LogP contribution in [-0.2, 0) is 14.3 Å². The molecule has 3 aromatic rings. The van der Waals surface area contributed by atoms with Crippen molar-refractivity contribution in [1.29, 1.82) is 0 Å². The molecule has 4 heterocycles. The van der Waals surface area contributed by atoms with Gasteiger partial charge in [-0.15, -0.1) is 0 Å². The van der Waals surface area contributed by atoms with Gasteiger partial charge in [-0.3, -0.25) is 4.79 Å². The maximum absolute atomic E-state index is 12.8. The Morgan fingerprint density at radius 1 is 1.27 bits per heavy atom. The summed E-state index contributed by atoms with van der Waals surface area (Å²) in [6, 6.07) is 5.29. The van der Waals surface area contributed by atoms with Gasteiger partial charge in [0.1, 0.15) is 12.7 Å². The van der Waals surface area contributed by atoms with E-state index in [2.05, 4.69) is 10.4 Å². The zero-order valence-electron chi connectivity index (χ0n) is 18.7. The summed E-state index contributed by atoms with van der Waals surface area (Å²) in [5.41, 5.74) is 4.11. The fraction of sp³-hybridized carbons (Fsp3) is 0.391. The molecule has 1 fully saturated rings. The van der Waals surface area contributed by atoms with Crippen molar-refractivity contribution < 1.29 is 23.8 Å². The Morgan fingerprint density at radius 2 is 2.12 bits per heavy atom. The van der Waals surface area contributed by atoms with Crippen LogP contribution in [-0.4, -0.2) is 77.4 Å². The molecule has 0 spiro atoms. The molecule has 10 nitrogen and oxygen atoms in total. The molecule has 172 valence electrons. The van der Waals surface area contributed by atoms with Crippen LogP contribution >= 0.6 is 0 Å². The molecule has 1 N–H and O–H groups in total. The molecule has 1 aromatic carbocycles. The molecular formula is C23H25N5O5. The Balaban J connectivity index is 1.63. The zero-order chi connectivity index (χ0) is 23.1. The van der Waals surface area contributed by atoms with Gasteiger partial charge < -0.3 is 24.4 Å². The lowest BCUT2D eigenvalue weighted by Crippen LogP contribution is -2.41. The van der Waals surface area contributed by atoms with Crippen LogP contribution in [0.1, 0.15) is 22.3 Å². The third kappa shape index (κ3) is 3.76. The summed E-state index contributed by atoms with van der Waals surface area (Å²) in [6.07, 6.45) is 3.64. The first-order valence-corrected chi connectivity index (χ1v) is 10.8. The number of nitrogens with zero attached hydrogens (tertiary/aromatic N) is 4. The lowest BCUT2D eigenvalue weighted by molar-refractivity contribution is -0.136. The number of rotatable bonds is 2. The second-order valence-electron chi connectivity index (χ2n) is 8.23. The quantitative estimate of drug-likeness (QED) is 0.589. The second kappa shape index (κ2) is 8.36.